The SMILES string of the molecule is COc1ccc(S(=O)(=O)NC(C)C(C)C(=O)O)cc1Cl. The van der Waals surface area contributed by atoms with E-state index in [1.165, 1.54) is 39.2 Å². The Balaban J connectivity index is 3.00. The summed E-state index contributed by atoms with van der Waals surface area (Å²) in [4.78, 5) is 10.8. The van der Waals surface area contributed by atoms with Gasteiger partial charge in [-0.25, -0.2) is 13.1 Å². The molecule has 0 aliphatic carbocycles. The number of methoxy groups -OCH3 is 1. The average molecular weight is 322 g/mol. The highest BCUT2D eigenvalue weighted by molar-refractivity contribution is 7.89. The smallest absolute Gasteiger partial charge is 0.307 e. The standard InChI is InChI=1S/C12H16ClNO5S/c1-7(12(15)16)8(2)14-20(17,18)9-4-5-11(19-3)10(13)6-9/h4-8,14H,1-3H3,(H,15,16). The van der Waals surface area contributed by atoms with E-state index in [2.05, 4.69) is 4.72 Å². The van der Waals surface area contributed by atoms with Crippen LogP contribution in [0.5, 0.6) is 5.75 Å². The van der Waals surface area contributed by atoms with E-state index in [9.17, 15) is 13.2 Å². The van der Waals surface area contributed by atoms with Gasteiger partial charge in [0.2, 0.25) is 10.0 Å². The molecule has 0 saturated carbocycles. The topological polar surface area (TPSA) is 92.7 Å². The summed E-state index contributed by atoms with van der Waals surface area (Å²) in [5.74, 6) is -1.57. The van der Waals surface area contributed by atoms with Gasteiger partial charge in [0.25, 0.3) is 0 Å². The minimum atomic E-state index is -3.84. The van der Waals surface area contributed by atoms with Crippen LogP contribution in [0.1, 0.15) is 13.8 Å². The van der Waals surface area contributed by atoms with Crippen molar-refractivity contribution in [2.75, 3.05) is 7.11 Å². The molecule has 0 aliphatic heterocycles. The lowest BCUT2D eigenvalue weighted by molar-refractivity contribution is -0.141. The van der Waals surface area contributed by atoms with E-state index >= 15 is 0 Å². The summed E-state index contributed by atoms with van der Waals surface area (Å²) in [5, 5.41) is 9.02. The zero-order valence-electron chi connectivity index (χ0n) is 11.3. The van der Waals surface area contributed by atoms with Gasteiger partial charge < -0.3 is 9.84 Å². The first-order valence-electron chi connectivity index (χ1n) is 5.77. The molecule has 2 unspecified atom stereocenters. The van der Waals surface area contributed by atoms with Gasteiger partial charge >= 0.3 is 5.97 Å². The van der Waals surface area contributed by atoms with Crippen LogP contribution >= 0.6 is 11.6 Å². The molecule has 2 atom stereocenters. The predicted octanol–water partition coefficient (Wildman–Crippen LogP) is 1.74. The van der Waals surface area contributed by atoms with Gasteiger partial charge in [0.05, 0.1) is 22.9 Å². The molecule has 0 fully saturated rings. The number of carboxylic acids is 1. The largest absolute Gasteiger partial charge is 0.495 e. The quantitative estimate of drug-likeness (QED) is 0.832. The second kappa shape index (κ2) is 6.43. The summed E-state index contributed by atoms with van der Waals surface area (Å²) in [7, 11) is -2.42. The van der Waals surface area contributed by atoms with Gasteiger partial charge in [-0.05, 0) is 25.1 Å². The molecule has 0 spiro atoms. The number of aliphatic carboxylic acids is 1. The Bertz CT molecular complexity index is 602. The van der Waals surface area contributed by atoms with Crippen LogP contribution < -0.4 is 9.46 Å². The van der Waals surface area contributed by atoms with Gasteiger partial charge in [-0.2, -0.15) is 0 Å². The molecular weight excluding hydrogens is 306 g/mol. The van der Waals surface area contributed by atoms with Crippen molar-refractivity contribution in [3.05, 3.63) is 23.2 Å². The second-order valence-corrected chi connectivity index (χ2v) is 6.45. The highest BCUT2D eigenvalue weighted by atomic mass is 35.5. The van der Waals surface area contributed by atoms with E-state index in [-0.39, 0.29) is 9.92 Å². The molecule has 0 radical (unpaired) electrons. The van der Waals surface area contributed by atoms with Crippen LogP contribution in [0.3, 0.4) is 0 Å². The molecule has 8 heteroatoms. The van der Waals surface area contributed by atoms with Crippen LogP contribution in [0.15, 0.2) is 23.1 Å². The molecule has 0 heterocycles. The monoisotopic (exact) mass is 321 g/mol. The Hall–Kier alpha value is -1.31. The zero-order valence-corrected chi connectivity index (χ0v) is 12.8. The van der Waals surface area contributed by atoms with Gasteiger partial charge in [0.15, 0.2) is 0 Å². The van der Waals surface area contributed by atoms with Crippen LogP contribution in [0.2, 0.25) is 5.02 Å². The molecule has 1 aromatic rings. The summed E-state index contributed by atoms with van der Waals surface area (Å²) in [6, 6.07) is 3.27. The van der Waals surface area contributed by atoms with E-state index in [1.807, 2.05) is 0 Å². The van der Waals surface area contributed by atoms with Gasteiger partial charge in [-0.3, -0.25) is 4.79 Å². The molecule has 112 valence electrons. The van der Waals surface area contributed by atoms with Crippen molar-refractivity contribution in [2.24, 2.45) is 5.92 Å². The molecule has 20 heavy (non-hydrogen) atoms. The first kappa shape index (κ1) is 16.7. The van der Waals surface area contributed by atoms with Gasteiger partial charge in [0.1, 0.15) is 5.75 Å². The molecule has 1 aromatic carbocycles. The minimum absolute atomic E-state index is 0.0484. The third kappa shape index (κ3) is 3.84. The summed E-state index contributed by atoms with van der Waals surface area (Å²) in [6.07, 6.45) is 0. The second-order valence-electron chi connectivity index (χ2n) is 4.33. The van der Waals surface area contributed by atoms with Crippen molar-refractivity contribution in [2.45, 2.75) is 24.8 Å². The number of carboxylic acid groups (broad SMARTS) is 1. The molecule has 2 N–H and O–H groups in total. The molecule has 0 amide bonds. The maximum atomic E-state index is 12.1. The van der Waals surface area contributed by atoms with Gasteiger partial charge in [-0.15, -0.1) is 0 Å². The van der Waals surface area contributed by atoms with Crippen molar-refractivity contribution >= 4 is 27.6 Å². The number of ether oxygens (including phenoxy) is 1. The summed E-state index contributed by atoms with van der Waals surface area (Å²) in [6.45, 7) is 2.91. The summed E-state index contributed by atoms with van der Waals surface area (Å²) in [5.41, 5.74) is 0. The lowest BCUT2D eigenvalue weighted by Crippen LogP contribution is -2.39. The number of hydrogen-bond donors (Lipinski definition) is 2. The Morgan fingerprint density at radius 1 is 1.40 bits per heavy atom. The summed E-state index contributed by atoms with van der Waals surface area (Å²) >= 11 is 5.87. The molecule has 0 aliphatic rings. The Morgan fingerprint density at radius 2 is 2.00 bits per heavy atom. The van der Waals surface area contributed by atoms with E-state index < -0.39 is 28.0 Å². The van der Waals surface area contributed by atoms with Crippen molar-refractivity contribution in [3.8, 4) is 5.75 Å². The number of nitrogens with one attached hydrogen (secondary N) is 1. The zero-order chi connectivity index (χ0) is 15.5. The van der Waals surface area contributed by atoms with Crippen molar-refractivity contribution in [1.29, 1.82) is 0 Å². The average Bonchev–Trinajstić information content (AvgIpc) is 2.36. The molecule has 0 saturated heterocycles. The van der Waals surface area contributed by atoms with Crippen molar-refractivity contribution in [1.82, 2.24) is 4.72 Å². The van der Waals surface area contributed by atoms with E-state index in [1.54, 1.807) is 0 Å². The molecule has 0 bridgehead atoms. The third-order valence-electron chi connectivity index (χ3n) is 2.91. The molecular formula is C12H16ClNO5S. The van der Waals surface area contributed by atoms with E-state index in [0.29, 0.717) is 5.75 Å². The van der Waals surface area contributed by atoms with Gasteiger partial charge in [0, 0.05) is 6.04 Å². The predicted molar refractivity (Wildman–Crippen MR) is 74.6 cm³/mol. The normalized spacial score (nSPS) is 14.6. The first-order valence-corrected chi connectivity index (χ1v) is 7.64. The third-order valence-corrected chi connectivity index (χ3v) is 4.77. The van der Waals surface area contributed by atoms with Crippen LogP contribution in [-0.4, -0.2) is 32.6 Å². The lowest BCUT2D eigenvalue weighted by Gasteiger charge is -2.18. The fourth-order valence-electron chi connectivity index (χ4n) is 1.44. The number of rotatable bonds is 6. The highest BCUT2D eigenvalue weighted by Crippen LogP contribution is 2.27. The molecule has 0 aromatic heterocycles. The highest BCUT2D eigenvalue weighted by Gasteiger charge is 2.25. The van der Waals surface area contributed by atoms with Crippen LogP contribution in [-0.2, 0) is 14.8 Å². The number of halogens is 1. The lowest BCUT2D eigenvalue weighted by atomic mass is 10.1. The van der Waals surface area contributed by atoms with Crippen molar-refractivity contribution in [3.63, 3.8) is 0 Å². The van der Waals surface area contributed by atoms with Crippen molar-refractivity contribution < 1.29 is 23.1 Å². The maximum absolute atomic E-state index is 12.1. The summed E-state index contributed by atoms with van der Waals surface area (Å²) < 4.78 is 31.5. The number of hydrogen-bond acceptors (Lipinski definition) is 4. The molecule has 1 rings (SSSR count). The number of carbonyl (C=O) groups is 1. The van der Waals surface area contributed by atoms with Gasteiger partial charge in [-0.1, -0.05) is 18.5 Å². The molecule has 6 nitrogen and oxygen atoms in total. The number of benzene rings is 1. The minimum Gasteiger partial charge on any atom is -0.495 e. The van der Waals surface area contributed by atoms with E-state index in [4.69, 9.17) is 21.4 Å². The van der Waals surface area contributed by atoms with Crippen LogP contribution in [0, 0.1) is 5.92 Å². The van der Waals surface area contributed by atoms with Crippen LogP contribution in [0.25, 0.3) is 0 Å². The van der Waals surface area contributed by atoms with Crippen LogP contribution in [0.4, 0.5) is 0 Å². The Morgan fingerprint density at radius 3 is 2.45 bits per heavy atom. The number of sulfonamides is 1. The fraction of sp³-hybridized carbons (Fsp3) is 0.417. The Kier molecular flexibility index (Phi) is 5.38. The van der Waals surface area contributed by atoms with E-state index in [0.717, 1.165) is 0 Å². The Labute approximate surface area is 122 Å². The maximum Gasteiger partial charge on any atom is 0.307 e. The first-order chi connectivity index (χ1) is 9.19. The fourth-order valence-corrected chi connectivity index (χ4v) is 3.12.